The van der Waals surface area contributed by atoms with Gasteiger partial charge < -0.3 is 20.4 Å². The van der Waals surface area contributed by atoms with Gasteiger partial charge in [-0.15, -0.1) is 0 Å². The number of hydrogen-bond acceptors (Lipinski definition) is 7. The fourth-order valence-corrected chi connectivity index (χ4v) is 5.19. The molecule has 0 saturated carbocycles. The number of urea groups is 1. The first kappa shape index (κ1) is 22.3. The lowest BCUT2D eigenvalue weighted by Gasteiger charge is -2.40. The second-order valence-electron chi connectivity index (χ2n) is 9.23. The fourth-order valence-electron chi connectivity index (χ4n) is 5.19. The van der Waals surface area contributed by atoms with Gasteiger partial charge in [0.25, 0.3) is 11.8 Å². The summed E-state index contributed by atoms with van der Waals surface area (Å²) in [6.07, 6.45) is 1.81. The third-order valence-electron chi connectivity index (χ3n) is 7.15. The fraction of sp³-hybridized carbons (Fsp3) is 0.522. The number of likely N-dealkylation sites (tertiary alicyclic amines) is 1. The van der Waals surface area contributed by atoms with E-state index in [1.807, 2.05) is 14.7 Å². The number of carbonyl (C=O) groups excluding carboxylic acids is 5. The summed E-state index contributed by atoms with van der Waals surface area (Å²) in [5.41, 5.74) is 7.11. The summed E-state index contributed by atoms with van der Waals surface area (Å²) in [5, 5.41) is 2.21. The van der Waals surface area contributed by atoms with Gasteiger partial charge in [-0.1, -0.05) is 6.07 Å². The molecular formula is C23H28N6O5. The van der Waals surface area contributed by atoms with Gasteiger partial charge in [0.05, 0.1) is 16.8 Å². The summed E-state index contributed by atoms with van der Waals surface area (Å²) >= 11 is 0. The number of anilines is 1. The molecule has 4 aliphatic heterocycles. The molecule has 0 spiro atoms. The molecule has 5 rings (SSSR count). The van der Waals surface area contributed by atoms with E-state index in [2.05, 4.69) is 5.32 Å². The number of piperidine rings is 2. The zero-order chi connectivity index (χ0) is 24.0. The normalized spacial score (nSPS) is 24.0. The Balaban J connectivity index is 1.30. The van der Waals surface area contributed by atoms with Crippen molar-refractivity contribution >= 4 is 35.3 Å². The SMILES string of the molecule is NC1CCN(C(=O)N2CCN(c3cccc4c3C(=O)N(C3CCC(=O)NC3=O)C4=O)CC2)CC1. The van der Waals surface area contributed by atoms with Crippen molar-refractivity contribution in [2.45, 2.75) is 37.8 Å². The molecule has 34 heavy (non-hydrogen) atoms. The van der Waals surface area contributed by atoms with E-state index in [4.69, 9.17) is 5.73 Å². The number of nitrogens with two attached hydrogens (primary N) is 1. The van der Waals surface area contributed by atoms with Crippen molar-refractivity contribution in [2.24, 2.45) is 5.73 Å². The molecule has 0 aliphatic carbocycles. The number of amides is 6. The Morgan fingerprint density at radius 1 is 0.882 bits per heavy atom. The third-order valence-corrected chi connectivity index (χ3v) is 7.15. The van der Waals surface area contributed by atoms with Crippen molar-refractivity contribution in [3.63, 3.8) is 0 Å². The van der Waals surface area contributed by atoms with Crippen LogP contribution in [-0.2, 0) is 9.59 Å². The number of fused-ring (bicyclic) bond motifs is 1. The highest BCUT2D eigenvalue weighted by molar-refractivity contribution is 6.25. The lowest BCUT2D eigenvalue weighted by Crippen LogP contribution is -2.55. The summed E-state index contributed by atoms with van der Waals surface area (Å²) in [5.74, 6) is -2.07. The predicted octanol–water partition coefficient (Wildman–Crippen LogP) is -0.247. The van der Waals surface area contributed by atoms with Crippen LogP contribution in [0.2, 0.25) is 0 Å². The van der Waals surface area contributed by atoms with Gasteiger partial charge >= 0.3 is 6.03 Å². The van der Waals surface area contributed by atoms with E-state index in [1.54, 1.807) is 18.2 Å². The second-order valence-corrected chi connectivity index (χ2v) is 9.23. The molecule has 11 heteroatoms. The molecule has 1 aromatic rings. The zero-order valence-corrected chi connectivity index (χ0v) is 18.9. The molecule has 0 radical (unpaired) electrons. The topological polar surface area (TPSA) is 136 Å². The molecule has 3 saturated heterocycles. The predicted molar refractivity (Wildman–Crippen MR) is 121 cm³/mol. The molecule has 11 nitrogen and oxygen atoms in total. The first-order valence-corrected chi connectivity index (χ1v) is 11.7. The quantitative estimate of drug-likeness (QED) is 0.571. The number of benzene rings is 1. The van der Waals surface area contributed by atoms with Gasteiger partial charge in [-0.2, -0.15) is 0 Å². The summed E-state index contributed by atoms with van der Waals surface area (Å²) in [6, 6.07) is 4.28. The smallest absolute Gasteiger partial charge is 0.320 e. The van der Waals surface area contributed by atoms with Crippen LogP contribution in [0.4, 0.5) is 10.5 Å². The average molecular weight is 469 g/mol. The molecule has 4 aliphatic rings. The Labute approximate surface area is 196 Å². The van der Waals surface area contributed by atoms with Crippen molar-refractivity contribution in [1.82, 2.24) is 20.0 Å². The monoisotopic (exact) mass is 468 g/mol. The molecule has 180 valence electrons. The van der Waals surface area contributed by atoms with Crippen LogP contribution in [0.3, 0.4) is 0 Å². The van der Waals surface area contributed by atoms with Gasteiger partial charge in [0.1, 0.15) is 6.04 Å². The van der Waals surface area contributed by atoms with Gasteiger partial charge in [-0.3, -0.25) is 29.4 Å². The number of rotatable bonds is 2. The molecule has 4 heterocycles. The Hall–Kier alpha value is -3.47. The standard InChI is InChI=1S/C23H28N6O5/c24-14-6-8-27(9-7-14)23(34)28-12-10-26(11-13-28)16-3-1-2-15-19(16)22(33)29(21(15)32)17-4-5-18(30)25-20(17)31/h1-3,14,17H,4-13,24H2,(H,25,30,31). The Morgan fingerprint density at radius 3 is 2.24 bits per heavy atom. The van der Waals surface area contributed by atoms with Crippen LogP contribution in [0.5, 0.6) is 0 Å². The van der Waals surface area contributed by atoms with Gasteiger partial charge in [-0.05, 0) is 31.4 Å². The van der Waals surface area contributed by atoms with Crippen LogP contribution in [0.1, 0.15) is 46.4 Å². The maximum absolute atomic E-state index is 13.3. The lowest BCUT2D eigenvalue weighted by molar-refractivity contribution is -0.136. The van der Waals surface area contributed by atoms with Gasteiger partial charge in [0.2, 0.25) is 11.8 Å². The molecule has 0 bridgehead atoms. The van der Waals surface area contributed by atoms with Crippen molar-refractivity contribution < 1.29 is 24.0 Å². The largest absolute Gasteiger partial charge is 0.367 e. The highest BCUT2D eigenvalue weighted by Gasteiger charge is 2.46. The van der Waals surface area contributed by atoms with Crippen molar-refractivity contribution in [1.29, 1.82) is 0 Å². The van der Waals surface area contributed by atoms with Crippen molar-refractivity contribution in [3.8, 4) is 0 Å². The van der Waals surface area contributed by atoms with Crippen LogP contribution < -0.4 is 16.0 Å². The Morgan fingerprint density at radius 2 is 1.56 bits per heavy atom. The molecule has 6 amide bonds. The first-order valence-electron chi connectivity index (χ1n) is 11.7. The van der Waals surface area contributed by atoms with E-state index in [1.165, 1.54) is 0 Å². The van der Waals surface area contributed by atoms with E-state index in [9.17, 15) is 24.0 Å². The second kappa shape index (κ2) is 8.71. The number of imide groups is 2. The number of nitrogens with one attached hydrogen (secondary N) is 1. The zero-order valence-electron chi connectivity index (χ0n) is 18.9. The number of hydrogen-bond donors (Lipinski definition) is 2. The van der Waals surface area contributed by atoms with Crippen LogP contribution >= 0.6 is 0 Å². The maximum atomic E-state index is 13.3. The third kappa shape index (κ3) is 3.79. The molecule has 1 atom stereocenters. The van der Waals surface area contributed by atoms with E-state index < -0.39 is 29.7 Å². The summed E-state index contributed by atoms with van der Waals surface area (Å²) < 4.78 is 0. The summed E-state index contributed by atoms with van der Waals surface area (Å²) in [6.45, 7) is 3.39. The number of piperazine rings is 1. The Kier molecular flexibility index (Phi) is 5.72. The van der Waals surface area contributed by atoms with Crippen LogP contribution in [0, 0.1) is 0 Å². The first-order chi connectivity index (χ1) is 16.3. The molecule has 1 unspecified atom stereocenters. The maximum Gasteiger partial charge on any atom is 0.320 e. The highest BCUT2D eigenvalue weighted by Crippen LogP contribution is 2.34. The van der Waals surface area contributed by atoms with Crippen molar-refractivity contribution in [2.75, 3.05) is 44.2 Å². The van der Waals surface area contributed by atoms with Gasteiger partial charge in [0, 0.05) is 51.7 Å². The number of carbonyl (C=O) groups is 5. The molecule has 3 fully saturated rings. The van der Waals surface area contributed by atoms with Gasteiger partial charge in [0.15, 0.2) is 0 Å². The van der Waals surface area contributed by atoms with Crippen LogP contribution in [-0.4, -0.2) is 95.7 Å². The average Bonchev–Trinajstić information content (AvgIpc) is 3.09. The van der Waals surface area contributed by atoms with E-state index >= 15 is 0 Å². The molecule has 1 aromatic carbocycles. The van der Waals surface area contributed by atoms with Crippen molar-refractivity contribution in [3.05, 3.63) is 29.3 Å². The minimum atomic E-state index is -0.995. The van der Waals surface area contributed by atoms with Gasteiger partial charge in [-0.25, -0.2) is 4.79 Å². The lowest BCUT2D eigenvalue weighted by atomic mass is 10.0. The molecule has 3 N–H and O–H groups in total. The highest BCUT2D eigenvalue weighted by atomic mass is 16.2. The van der Waals surface area contributed by atoms with E-state index in [0.717, 1.165) is 17.7 Å². The molecular weight excluding hydrogens is 440 g/mol. The minimum absolute atomic E-state index is 0.0140. The van der Waals surface area contributed by atoms with Crippen LogP contribution in [0.25, 0.3) is 0 Å². The molecule has 0 aromatic heterocycles. The minimum Gasteiger partial charge on any atom is -0.367 e. The number of nitrogens with zero attached hydrogens (tertiary/aromatic N) is 4. The summed E-state index contributed by atoms with van der Waals surface area (Å²) in [4.78, 5) is 69.8. The van der Waals surface area contributed by atoms with E-state index in [-0.39, 0.29) is 36.0 Å². The Bertz CT molecular complexity index is 1060. The van der Waals surface area contributed by atoms with Crippen LogP contribution in [0.15, 0.2) is 18.2 Å². The summed E-state index contributed by atoms with van der Waals surface area (Å²) in [7, 11) is 0. The van der Waals surface area contributed by atoms with E-state index in [0.29, 0.717) is 45.0 Å².